The summed E-state index contributed by atoms with van der Waals surface area (Å²) < 4.78 is 1.74. The Kier molecular flexibility index (Phi) is 3.48. The standard InChI is InChI=1S/C14H21N7/c1-3-14(4-2)5-7-20(9-14)12-17-11(15)18-13(19-12)21-8-6-16-10-21/h6,8,10H,3-5,7,9H2,1-2H3,(H2,15,17,18,19). The van der Waals surface area contributed by atoms with E-state index in [4.69, 9.17) is 5.73 Å². The van der Waals surface area contributed by atoms with Crippen LogP contribution in [-0.4, -0.2) is 37.6 Å². The normalized spacial score (nSPS) is 17.3. The highest BCUT2D eigenvalue weighted by molar-refractivity contribution is 5.39. The van der Waals surface area contributed by atoms with E-state index in [1.54, 1.807) is 23.3 Å². The van der Waals surface area contributed by atoms with Crippen LogP contribution in [0.5, 0.6) is 0 Å². The Morgan fingerprint density at radius 1 is 1.19 bits per heavy atom. The highest BCUT2D eigenvalue weighted by Gasteiger charge is 2.36. The summed E-state index contributed by atoms with van der Waals surface area (Å²) in [7, 11) is 0. The Morgan fingerprint density at radius 2 is 1.95 bits per heavy atom. The van der Waals surface area contributed by atoms with Crippen LogP contribution in [0.2, 0.25) is 0 Å². The predicted octanol–water partition coefficient (Wildman–Crippen LogP) is 1.66. The fourth-order valence-electron chi connectivity index (χ4n) is 2.94. The van der Waals surface area contributed by atoms with Gasteiger partial charge in [0, 0.05) is 25.5 Å². The summed E-state index contributed by atoms with van der Waals surface area (Å²) in [6, 6.07) is 0. The smallest absolute Gasteiger partial charge is 0.241 e. The average molecular weight is 287 g/mol. The van der Waals surface area contributed by atoms with Gasteiger partial charge in [-0.05, 0) is 24.7 Å². The summed E-state index contributed by atoms with van der Waals surface area (Å²) in [5, 5.41) is 0. The zero-order valence-corrected chi connectivity index (χ0v) is 12.5. The number of rotatable bonds is 4. The van der Waals surface area contributed by atoms with Crippen molar-refractivity contribution in [3.8, 4) is 5.95 Å². The molecule has 2 aromatic heterocycles. The number of imidazole rings is 1. The molecule has 0 unspecified atom stereocenters. The zero-order chi connectivity index (χ0) is 14.9. The molecule has 2 aromatic rings. The lowest BCUT2D eigenvalue weighted by Crippen LogP contribution is -2.28. The first-order valence-corrected chi connectivity index (χ1v) is 7.40. The van der Waals surface area contributed by atoms with Gasteiger partial charge in [0.05, 0.1) is 0 Å². The Bertz CT molecular complexity index is 604. The lowest BCUT2D eigenvalue weighted by atomic mass is 9.82. The molecule has 1 aliphatic rings. The minimum Gasteiger partial charge on any atom is -0.368 e. The van der Waals surface area contributed by atoms with Crippen molar-refractivity contribution in [2.24, 2.45) is 5.41 Å². The van der Waals surface area contributed by atoms with Crippen molar-refractivity contribution in [2.45, 2.75) is 33.1 Å². The first-order valence-electron chi connectivity index (χ1n) is 7.40. The molecule has 0 radical (unpaired) electrons. The Morgan fingerprint density at radius 3 is 2.57 bits per heavy atom. The van der Waals surface area contributed by atoms with E-state index in [0.29, 0.717) is 17.3 Å². The van der Waals surface area contributed by atoms with E-state index in [0.717, 1.165) is 13.1 Å². The molecule has 0 saturated carbocycles. The Hall–Kier alpha value is -2.18. The van der Waals surface area contributed by atoms with E-state index in [9.17, 15) is 0 Å². The van der Waals surface area contributed by atoms with Gasteiger partial charge < -0.3 is 10.6 Å². The molecule has 1 fully saturated rings. The molecule has 0 aliphatic carbocycles. The molecule has 0 bridgehead atoms. The molecule has 3 rings (SSSR count). The van der Waals surface area contributed by atoms with E-state index >= 15 is 0 Å². The van der Waals surface area contributed by atoms with Crippen molar-refractivity contribution in [1.82, 2.24) is 24.5 Å². The van der Waals surface area contributed by atoms with E-state index in [-0.39, 0.29) is 5.95 Å². The Balaban J connectivity index is 1.90. The highest BCUT2D eigenvalue weighted by atomic mass is 15.3. The van der Waals surface area contributed by atoms with Crippen LogP contribution >= 0.6 is 0 Å². The van der Waals surface area contributed by atoms with Gasteiger partial charge in [-0.25, -0.2) is 4.98 Å². The van der Waals surface area contributed by atoms with Gasteiger partial charge in [-0.3, -0.25) is 4.57 Å². The monoisotopic (exact) mass is 287 g/mol. The van der Waals surface area contributed by atoms with Crippen molar-refractivity contribution >= 4 is 11.9 Å². The lowest BCUT2D eigenvalue weighted by Gasteiger charge is -2.26. The van der Waals surface area contributed by atoms with Crippen LogP contribution in [0.3, 0.4) is 0 Å². The molecule has 7 nitrogen and oxygen atoms in total. The average Bonchev–Trinajstić information content (AvgIpc) is 3.17. The van der Waals surface area contributed by atoms with Crippen LogP contribution in [0.1, 0.15) is 33.1 Å². The fourth-order valence-corrected chi connectivity index (χ4v) is 2.94. The van der Waals surface area contributed by atoms with Crippen LogP contribution in [0.15, 0.2) is 18.7 Å². The van der Waals surface area contributed by atoms with Crippen LogP contribution < -0.4 is 10.6 Å². The second kappa shape index (κ2) is 5.31. The van der Waals surface area contributed by atoms with Gasteiger partial charge in [0.15, 0.2) is 0 Å². The number of hydrogen-bond acceptors (Lipinski definition) is 6. The third-order valence-corrected chi connectivity index (χ3v) is 4.59. The maximum Gasteiger partial charge on any atom is 0.241 e. The third kappa shape index (κ3) is 2.55. The number of hydrogen-bond donors (Lipinski definition) is 1. The summed E-state index contributed by atoms with van der Waals surface area (Å²) in [6.07, 6.45) is 8.67. The summed E-state index contributed by atoms with van der Waals surface area (Å²) in [5.74, 6) is 1.42. The molecule has 0 atom stereocenters. The molecule has 21 heavy (non-hydrogen) atoms. The van der Waals surface area contributed by atoms with Gasteiger partial charge in [0.1, 0.15) is 6.33 Å². The van der Waals surface area contributed by atoms with Gasteiger partial charge in [-0.2, -0.15) is 15.0 Å². The third-order valence-electron chi connectivity index (χ3n) is 4.59. The predicted molar refractivity (Wildman–Crippen MR) is 81.2 cm³/mol. The Labute approximate surface area is 124 Å². The zero-order valence-electron chi connectivity index (χ0n) is 12.5. The molecule has 0 aromatic carbocycles. The SMILES string of the molecule is CCC1(CC)CCN(c2nc(N)nc(-n3ccnc3)n2)C1. The number of aromatic nitrogens is 5. The summed E-state index contributed by atoms with van der Waals surface area (Å²) >= 11 is 0. The fraction of sp³-hybridized carbons (Fsp3) is 0.571. The van der Waals surface area contributed by atoms with Gasteiger partial charge in [0.2, 0.25) is 17.8 Å². The minimum atomic E-state index is 0.245. The van der Waals surface area contributed by atoms with Crippen molar-refractivity contribution in [3.63, 3.8) is 0 Å². The van der Waals surface area contributed by atoms with Crippen LogP contribution in [0, 0.1) is 5.41 Å². The van der Waals surface area contributed by atoms with Gasteiger partial charge in [-0.15, -0.1) is 0 Å². The number of nitrogens with two attached hydrogens (primary N) is 1. The van der Waals surface area contributed by atoms with Gasteiger partial charge >= 0.3 is 0 Å². The molecule has 1 saturated heterocycles. The second-order valence-electron chi connectivity index (χ2n) is 5.64. The quantitative estimate of drug-likeness (QED) is 0.920. The maximum absolute atomic E-state index is 5.84. The molecule has 1 aliphatic heterocycles. The largest absolute Gasteiger partial charge is 0.368 e. The molecule has 3 heterocycles. The van der Waals surface area contributed by atoms with E-state index < -0.39 is 0 Å². The lowest BCUT2D eigenvalue weighted by molar-refractivity contribution is 0.301. The molecule has 0 spiro atoms. The van der Waals surface area contributed by atoms with Crippen LogP contribution in [0.25, 0.3) is 5.95 Å². The van der Waals surface area contributed by atoms with Crippen LogP contribution in [-0.2, 0) is 0 Å². The van der Waals surface area contributed by atoms with Crippen molar-refractivity contribution < 1.29 is 0 Å². The molecular weight excluding hydrogens is 266 g/mol. The van der Waals surface area contributed by atoms with Crippen molar-refractivity contribution in [2.75, 3.05) is 23.7 Å². The molecular formula is C14H21N7. The van der Waals surface area contributed by atoms with Crippen molar-refractivity contribution in [1.29, 1.82) is 0 Å². The molecule has 0 amide bonds. The minimum absolute atomic E-state index is 0.245. The molecule has 7 heteroatoms. The number of anilines is 2. The summed E-state index contributed by atoms with van der Waals surface area (Å²) in [5.41, 5.74) is 6.21. The number of nitrogens with zero attached hydrogens (tertiary/aromatic N) is 6. The van der Waals surface area contributed by atoms with E-state index in [1.165, 1.54) is 19.3 Å². The molecule has 2 N–H and O–H groups in total. The first-order chi connectivity index (χ1) is 10.2. The second-order valence-corrected chi connectivity index (χ2v) is 5.64. The topological polar surface area (TPSA) is 85.8 Å². The maximum atomic E-state index is 5.84. The van der Waals surface area contributed by atoms with Crippen LogP contribution in [0.4, 0.5) is 11.9 Å². The first kappa shape index (κ1) is 13.8. The highest BCUT2D eigenvalue weighted by Crippen LogP contribution is 2.38. The van der Waals surface area contributed by atoms with Gasteiger partial charge in [0.25, 0.3) is 0 Å². The van der Waals surface area contributed by atoms with Gasteiger partial charge in [-0.1, -0.05) is 13.8 Å². The van der Waals surface area contributed by atoms with E-state index in [2.05, 4.69) is 38.7 Å². The summed E-state index contributed by atoms with van der Waals surface area (Å²) in [6.45, 7) is 6.46. The summed E-state index contributed by atoms with van der Waals surface area (Å²) in [4.78, 5) is 19.2. The van der Waals surface area contributed by atoms with E-state index in [1.807, 2.05) is 0 Å². The molecule has 112 valence electrons. The number of nitrogen functional groups attached to an aromatic ring is 1. The van der Waals surface area contributed by atoms with Crippen molar-refractivity contribution in [3.05, 3.63) is 18.7 Å².